The highest BCUT2D eigenvalue weighted by atomic mass is 16.6. The first kappa shape index (κ1) is 6.55. The van der Waals surface area contributed by atoms with Gasteiger partial charge in [0.25, 0.3) is 0 Å². The summed E-state index contributed by atoms with van der Waals surface area (Å²) in [5, 5.41) is 0. The van der Waals surface area contributed by atoms with E-state index < -0.39 is 0 Å². The Morgan fingerprint density at radius 1 is 1.09 bits per heavy atom. The molecule has 3 aliphatic rings. The molecule has 2 bridgehead atoms. The fourth-order valence-electron chi connectivity index (χ4n) is 0.940. The Bertz CT molecular complexity index is 253. The molecule has 0 spiro atoms. The lowest BCUT2D eigenvalue weighted by Gasteiger charge is -1.78. The molecule has 2 nitrogen and oxygen atoms in total. The van der Waals surface area contributed by atoms with E-state index >= 15 is 0 Å². The summed E-state index contributed by atoms with van der Waals surface area (Å²) in [7, 11) is 0. The molecule has 0 amide bonds. The first-order chi connectivity index (χ1) is 5.38. The van der Waals surface area contributed by atoms with Gasteiger partial charge in [-0.3, -0.25) is 4.79 Å². The summed E-state index contributed by atoms with van der Waals surface area (Å²) >= 11 is 0. The van der Waals surface area contributed by atoms with E-state index in [9.17, 15) is 4.79 Å². The molecule has 0 N–H and O–H groups in total. The van der Waals surface area contributed by atoms with E-state index in [1.807, 2.05) is 24.3 Å². The standard InChI is InChI=1S/C7H4O.C2H4O/c8-7-5-1-2-6(7)4-3-5;1-2-3-1/h1-4H;1-2H2. The number of epoxide rings is 1. The molecule has 0 radical (unpaired) electrons. The molecule has 11 heavy (non-hydrogen) atoms. The lowest BCUT2D eigenvalue weighted by Crippen LogP contribution is -1.89. The zero-order valence-corrected chi connectivity index (χ0v) is 6.04. The number of ketones is 1. The summed E-state index contributed by atoms with van der Waals surface area (Å²) in [6.07, 6.45) is 7.38. The Morgan fingerprint density at radius 3 is 1.64 bits per heavy atom. The molecular weight excluding hydrogens is 140 g/mol. The van der Waals surface area contributed by atoms with Crippen molar-refractivity contribution in [1.82, 2.24) is 0 Å². The molecule has 1 fully saturated rings. The summed E-state index contributed by atoms with van der Waals surface area (Å²) < 4.78 is 4.50. The molecule has 0 aromatic carbocycles. The second kappa shape index (κ2) is 2.47. The number of fused-ring (bicyclic) bond motifs is 2. The first-order valence-corrected chi connectivity index (χ1v) is 3.60. The SMILES string of the molecule is C1CO1.O=C1C2=CC=C1C=C2. The smallest absolute Gasteiger partial charge is 0.193 e. The Balaban J connectivity index is 0.000000135. The zero-order valence-electron chi connectivity index (χ0n) is 6.04. The third-order valence-electron chi connectivity index (χ3n) is 1.61. The molecule has 0 atom stereocenters. The summed E-state index contributed by atoms with van der Waals surface area (Å²) in [5.74, 6) is 0.185. The van der Waals surface area contributed by atoms with Gasteiger partial charge in [0.1, 0.15) is 0 Å². The molecular formula is C9H8O2. The average molecular weight is 148 g/mol. The maximum Gasteiger partial charge on any atom is 0.193 e. The van der Waals surface area contributed by atoms with E-state index in [2.05, 4.69) is 4.74 Å². The highest BCUT2D eigenvalue weighted by molar-refractivity contribution is 6.17. The van der Waals surface area contributed by atoms with Crippen LogP contribution in [0.5, 0.6) is 0 Å². The Hall–Kier alpha value is -1.15. The van der Waals surface area contributed by atoms with Gasteiger partial charge in [-0.1, -0.05) is 24.3 Å². The number of ether oxygens (including phenoxy) is 1. The van der Waals surface area contributed by atoms with E-state index in [0.717, 1.165) is 24.4 Å². The van der Waals surface area contributed by atoms with Crippen molar-refractivity contribution in [2.45, 2.75) is 0 Å². The fraction of sp³-hybridized carbons (Fsp3) is 0.222. The second-order valence-electron chi connectivity index (χ2n) is 2.52. The molecule has 3 rings (SSSR count). The molecule has 56 valence electrons. The van der Waals surface area contributed by atoms with E-state index in [0.29, 0.717) is 0 Å². The number of carbonyl (C=O) groups is 1. The minimum atomic E-state index is 0.185. The third-order valence-corrected chi connectivity index (χ3v) is 1.61. The molecule has 1 heterocycles. The summed E-state index contributed by atoms with van der Waals surface area (Å²) in [5.41, 5.74) is 1.67. The number of Topliss-reactive ketones (excluding diaryl/α,β-unsaturated/α-hetero) is 1. The second-order valence-corrected chi connectivity index (χ2v) is 2.52. The normalized spacial score (nSPS) is 22.4. The van der Waals surface area contributed by atoms with Gasteiger partial charge in [0.05, 0.1) is 13.2 Å². The van der Waals surface area contributed by atoms with Crippen molar-refractivity contribution in [1.29, 1.82) is 0 Å². The van der Waals surface area contributed by atoms with Crippen LogP contribution in [-0.4, -0.2) is 19.0 Å². The third kappa shape index (κ3) is 1.30. The maximum absolute atomic E-state index is 10.8. The molecule has 1 aliphatic heterocycles. The minimum Gasteiger partial charge on any atom is -0.377 e. The van der Waals surface area contributed by atoms with Crippen molar-refractivity contribution in [2.24, 2.45) is 0 Å². The van der Waals surface area contributed by atoms with Gasteiger partial charge in [0.2, 0.25) is 0 Å². The monoisotopic (exact) mass is 148 g/mol. The summed E-state index contributed by atoms with van der Waals surface area (Å²) in [6, 6.07) is 0. The van der Waals surface area contributed by atoms with Gasteiger partial charge in [-0.2, -0.15) is 0 Å². The minimum absolute atomic E-state index is 0.185. The number of rotatable bonds is 0. The van der Waals surface area contributed by atoms with Crippen molar-refractivity contribution in [3.63, 3.8) is 0 Å². The highest BCUT2D eigenvalue weighted by Gasteiger charge is 2.19. The Kier molecular flexibility index (Phi) is 1.47. The Labute approximate surface area is 64.9 Å². The Morgan fingerprint density at radius 2 is 1.55 bits per heavy atom. The lowest BCUT2D eigenvalue weighted by molar-refractivity contribution is -0.111. The predicted molar refractivity (Wildman–Crippen MR) is 41.1 cm³/mol. The molecule has 1 saturated heterocycles. The van der Waals surface area contributed by atoms with E-state index in [-0.39, 0.29) is 5.78 Å². The van der Waals surface area contributed by atoms with Gasteiger partial charge in [0.15, 0.2) is 5.78 Å². The molecule has 0 aromatic heterocycles. The van der Waals surface area contributed by atoms with Crippen LogP contribution in [-0.2, 0) is 9.53 Å². The van der Waals surface area contributed by atoms with E-state index in [1.54, 1.807) is 0 Å². The molecule has 0 aromatic rings. The van der Waals surface area contributed by atoms with Crippen LogP contribution >= 0.6 is 0 Å². The van der Waals surface area contributed by atoms with Crippen molar-refractivity contribution in [3.8, 4) is 0 Å². The zero-order chi connectivity index (χ0) is 7.68. The van der Waals surface area contributed by atoms with Crippen molar-refractivity contribution < 1.29 is 9.53 Å². The maximum atomic E-state index is 10.8. The molecule has 2 heteroatoms. The molecule has 2 aliphatic carbocycles. The van der Waals surface area contributed by atoms with Crippen molar-refractivity contribution in [2.75, 3.05) is 13.2 Å². The van der Waals surface area contributed by atoms with Crippen LogP contribution in [0.1, 0.15) is 0 Å². The van der Waals surface area contributed by atoms with Crippen LogP contribution in [0, 0.1) is 0 Å². The van der Waals surface area contributed by atoms with Crippen LogP contribution in [0.25, 0.3) is 0 Å². The summed E-state index contributed by atoms with van der Waals surface area (Å²) in [6.45, 7) is 2.00. The summed E-state index contributed by atoms with van der Waals surface area (Å²) in [4.78, 5) is 10.8. The van der Waals surface area contributed by atoms with Gasteiger partial charge in [-0.15, -0.1) is 0 Å². The quantitative estimate of drug-likeness (QED) is 0.480. The average Bonchev–Trinajstić information content (AvgIpc) is 2.85. The van der Waals surface area contributed by atoms with Crippen LogP contribution in [0.3, 0.4) is 0 Å². The van der Waals surface area contributed by atoms with Gasteiger partial charge >= 0.3 is 0 Å². The van der Waals surface area contributed by atoms with Crippen LogP contribution < -0.4 is 0 Å². The first-order valence-electron chi connectivity index (χ1n) is 3.60. The number of carbonyl (C=O) groups excluding carboxylic acids is 1. The van der Waals surface area contributed by atoms with Crippen molar-refractivity contribution in [3.05, 3.63) is 35.5 Å². The number of hydrogen-bond donors (Lipinski definition) is 0. The number of allylic oxidation sites excluding steroid dienone is 6. The van der Waals surface area contributed by atoms with Gasteiger partial charge in [-0.25, -0.2) is 0 Å². The number of hydrogen-bond acceptors (Lipinski definition) is 2. The van der Waals surface area contributed by atoms with E-state index in [1.165, 1.54) is 0 Å². The lowest BCUT2D eigenvalue weighted by atomic mass is 10.2. The fourth-order valence-corrected chi connectivity index (χ4v) is 0.940. The highest BCUT2D eigenvalue weighted by Crippen LogP contribution is 2.23. The largest absolute Gasteiger partial charge is 0.377 e. The van der Waals surface area contributed by atoms with Crippen LogP contribution in [0.15, 0.2) is 35.5 Å². The van der Waals surface area contributed by atoms with Gasteiger partial charge in [0, 0.05) is 11.1 Å². The molecule has 0 unspecified atom stereocenters. The van der Waals surface area contributed by atoms with Crippen LogP contribution in [0.4, 0.5) is 0 Å². The van der Waals surface area contributed by atoms with E-state index in [4.69, 9.17) is 0 Å². The van der Waals surface area contributed by atoms with Gasteiger partial charge in [-0.05, 0) is 0 Å². The van der Waals surface area contributed by atoms with Crippen LogP contribution in [0.2, 0.25) is 0 Å². The van der Waals surface area contributed by atoms with Gasteiger partial charge < -0.3 is 4.74 Å². The predicted octanol–water partition coefficient (Wildman–Crippen LogP) is 1.01. The molecule has 0 saturated carbocycles. The van der Waals surface area contributed by atoms with Crippen molar-refractivity contribution >= 4 is 5.78 Å². The topological polar surface area (TPSA) is 29.6 Å².